The van der Waals surface area contributed by atoms with Crippen molar-refractivity contribution >= 4 is 12.0 Å². The van der Waals surface area contributed by atoms with Crippen LogP contribution in [0.4, 0.5) is 4.79 Å². The summed E-state index contributed by atoms with van der Waals surface area (Å²) < 4.78 is 0. The van der Waals surface area contributed by atoms with Crippen LogP contribution in [0.2, 0.25) is 0 Å². The minimum atomic E-state index is -1.03. The van der Waals surface area contributed by atoms with E-state index in [4.69, 9.17) is 5.11 Å². The molecule has 0 saturated carbocycles. The van der Waals surface area contributed by atoms with E-state index >= 15 is 0 Å². The topological polar surface area (TPSA) is 81.1 Å². The second-order valence-electron chi connectivity index (χ2n) is 5.52. The quantitative estimate of drug-likeness (QED) is 0.776. The highest BCUT2D eigenvalue weighted by atomic mass is 16.4. The van der Waals surface area contributed by atoms with E-state index in [0.717, 1.165) is 19.3 Å². The fraction of sp³-hybridized carbons (Fsp3) is 0.846. The second-order valence-corrected chi connectivity index (χ2v) is 5.52. The van der Waals surface area contributed by atoms with Crippen LogP contribution in [-0.4, -0.2) is 63.8 Å². The average Bonchev–Trinajstić information content (AvgIpc) is 2.80. The van der Waals surface area contributed by atoms with Crippen LogP contribution in [-0.2, 0) is 4.79 Å². The highest BCUT2D eigenvalue weighted by molar-refractivity contribution is 5.83. The number of aliphatic carboxylic acids is 1. The van der Waals surface area contributed by atoms with Crippen LogP contribution in [0, 0.1) is 5.92 Å². The molecule has 6 nitrogen and oxygen atoms in total. The smallest absolute Gasteiger partial charge is 0.326 e. The molecule has 0 aromatic rings. The van der Waals surface area contributed by atoms with Gasteiger partial charge in [0.25, 0.3) is 0 Å². The first kappa shape index (κ1) is 14.1. The van der Waals surface area contributed by atoms with Crippen LogP contribution in [0.1, 0.15) is 32.6 Å². The van der Waals surface area contributed by atoms with Gasteiger partial charge in [0.05, 0.1) is 6.10 Å². The molecule has 0 unspecified atom stereocenters. The fourth-order valence-corrected chi connectivity index (χ4v) is 2.97. The third-order valence-corrected chi connectivity index (χ3v) is 4.27. The Kier molecular flexibility index (Phi) is 4.29. The first-order valence-electron chi connectivity index (χ1n) is 6.99. The number of carbonyl (C=O) groups is 2. The molecule has 2 amide bonds. The maximum absolute atomic E-state index is 12.3. The SMILES string of the molecule is CCC1CCN(C(=O)N2C[C@H](O)C[C@H]2C(=O)O)CC1. The van der Waals surface area contributed by atoms with Crippen molar-refractivity contribution in [3.05, 3.63) is 0 Å². The largest absolute Gasteiger partial charge is 0.480 e. The minimum absolute atomic E-state index is 0.128. The van der Waals surface area contributed by atoms with Gasteiger partial charge in [-0.15, -0.1) is 0 Å². The Bertz CT molecular complexity index is 353. The third-order valence-electron chi connectivity index (χ3n) is 4.27. The highest BCUT2D eigenvalue weighted by Gasteiger charge is 2.41. The first-order valence-corrected chi connectivity index (χ1v) is 6.99. The molecule has 2 aliphatic heterocycles. The molecule has 6 heteroatoms. The van der Waals surface area contributed by atoms with Gasteiger partial charge < -0.3 is 20.0 Å². The minimum Gasteiger partial charge on any atom is -0.480 e. The molecule has 0 aliphatic carbocycles. The molecule has 2 fully saturated rings. The standard InChI is InChI=1S/C13H22N2O4/c1-2-9-3-5-14(6-4-9)13(19)15-8-10(16)7-11(15)12(17)18/h9-11,16H,2-8H2,1H3,(H,17,18)/t10-,11+/m1/s1. The van der Waals surface area contributed by atoms with Gasteiger partial charge in [0.1, 0.15) is 6.04 Å². The van der Waals surface area contributed by atoms with Gasteiger partial charge in [-0.2, -0.15) is 0 Å². The summed E-state index contributed by atoms with van der Waals surface area (Å²) in [5, 5.41) is 18.7. The number of nitrogens with zero attached hydrogens (tertiary/aromatic N) is 2. The normalized spacial score (nSPS) is 28.7. The van der Waals surface area contributed by atoms with Crippen LogP contribution in [0.5, 0.6) is 0 Å². The lowest BCUT2D eigenvalue weighted by atomic mass is 9.95. The second kappa shape index (κ2) is 5.77. The maximum Gasteiger partial charge on any atom is 0.326 e. The van der Waals surface area contributed by atoms with Crippen molar-refractivity contribution in [3.63, 3.8) is 0 Å². The van der Waals surface area contributed by atoms with Gasteiger partial charge in [0.15, 0.2) is 0 Å². The molecule has 0 aromatic carbocycles. The molecular formula is C13H22N2O4. The van der Waals surface area contributed by atoms with E-state index in [1.807, 2.05) is 0 Å². The summed E-state index contributed by atoms with van der Waals surface area (Å²) in [4.78, 5) is 26.5. The predicted octanol–water partition coefficient (Wildman–Crippen LogP) is 0.748. The van der Waals surface area contributed by atoms with Crippen molar-refractivity contribution in [3.8, 4) is 0 Å². The highest BCUT2D eigenvalue weighted by Crippen LogP contribution is 2.24. The summed E-state index contributed by atoms with van der Waals surface area (Å²) >= 11 is 0. The molecular weight excluding hydrogens is 248 g/mol. The Labute approximate surface area is 113 Å². The van der Waals surface area contributed by atoms with Gasteiger partial charge in [-0.05, 0) is 18.8 Å². The maximum atomic E-state index is 12.3. The zero-order valence-corrected chi connectivity index (χ0v) is 11.3. The van der Waals surface area contributed by atoms with E-state index in [0.29, 0.717) is 19.0 Å². The molecule has 2 atom stereocenters. The molecule has 108 valence electrons. The summed E-state index contributed by atoms with van der Waals surface area (Å²) in [5.74, 6) is -0.364. The van der Waals surface area contributed by atoms with Crippen molar-refractivity contribution in [2.45, 2.75) is 44.8 Å². The Hall–Kier alpha value is -1.30. The molecule has 2 aliphatic rings. The van der Waals surface area contributed by atoms with Crippen molar-refractivity contribution in [2.75, 3.05) is 19.6 Å². The molecule has 19 heavy (non-hydrogen) atoms. The fourth-order valence-electron chi connectivity index (χ4n) is 2.97. The lowest BCUT2D eigenvalue weighted by molar-refractivity contribution is -0.141. The molecule has 0 aromatic heterocycles. The Morgan fingerprint density at radius 2 is 1.89 bits per heavy atom. The van der Waals surface area contributed by atoms with E-state index in [1.54, 1.807) is 4.90 Å². The first-order chi connectivity index (χ1) is 9.02. The number of aliphatic hydroxyl groups excluding tert-OH is 1. The summed E-state index contributed by atoms with van der Waals surface area (Å²) in [7, 11) is 0. The number of hydrogen-bond donors (Lipinski definition) is 2. The number of β-amino-alcohol motifs (C(OH)–C–C–N with tert-alkyl or cyclic N) is 1. The molecule has 2 heterocycles. The number of likely N-dealkylation sites (tertiary alicyclic amines) is 2. The predicted molar refractivity (Wildman–Crippen MR) is 68.7 cm³/mol. The Morgan fingerprint density at radius 3 is 2.42 bits per heavy atom. The Morgan fingerprint density at radius 1 is 1.26 bits per heavy atom. The van der Waals surface area contributed by atoms with Gasteiger partial charge in [0.2, 0.25) is 0 Å². The molecule has 2 rings (SSSR count). The van der Waals surface area contributed by atoms with Gasteiger partial charge in [-0.3, -0.25) is 0 Å². The molecule has 2 saturated heterocycles. The summed E-state index contributed by atoms with van der Waals surface area (Å²) in [6.07, 6.45) is 2.50. The number of urea groups is 1. The Balaban J connectivity index is 1.97. The van der Waals surface area contributed by atoms with Crippen LogP contribution in [0.3, 0.4) is 0 Å². The molecule has 0 spiro atoms. The number of carboxylic acids is 1. The number of piperidine rings is 1. The van der Waals surface area contributed by atoms with Crippen LogP contribution in [0.15, 0.2) is 0 Å². The number of carboxylic acid groups (broad SMARTS) is 1. The van der Waals surface area contributed by atoms with E-state index in [1.165, 1.54) is 4.90 Å². The van der Waals surface area contributed by atoms with Crippen LogP contribution in [0.25, 0.3) is 0 Å². The van der Waals surface area contributed by atoms with Gasteiger partial charge in [0, 0.05) is 26.1 Å². The summed E-state index contributed by atoms with van der Waals surface area (Å²) in [6, 6.07) is -1.12. The number of amides is 2. The van der Waals surface area contributed by atoms with Gasteiger partial charge in [-0.25, -0.2) is 9.59 Å². The lowest BCUT2D eigenvalue weighted by Gasteiger charge is -2.35. The van der Waals surface area contributed by atoms with E-state index in [2.05, 4.69) is 6.92 Å². The van der Waals surface area contributed by atoms with E-state index < -0.39 is 18.1 Å². The zero-order valence-electron chi connectivity index (χ0n) is 11.3. The molecule has 2 N–H and O–H groups in total. The zero-order chi connectivity index (χ0) is 14.0. The van der Waals surface area contributed by atoms with Crippen LogP contribution >= 0.6 is 0 Å². The number of hydrogen-bond acceptors (Lipinski definition) is 3. The van der Waals surface area contributed by atoms with Crippen molar-refractivity contribution < 1.29 is 19.8 Å². The van der Waals surface area contributed by atoms with Crippen molar-refractivity contribution in [1.29, 1.82) is 0 Å². The monoisotopic (exact) mass is 270 g/mol. The van der Waals surface area contributed by atoms with E-state index in [9.17, 15) is 14.7 Å². The van der Waals surface area contributed by atoms with Gasteiger partial charge >= 0.3 is 12.0 Å². The lowest BCUT2D eigenvalue weighted by Crippen LogP contribution is -2.50. The molecule has 0 bridgehead atoms. The van der Waals surface area contributed by atoms with Gasteiger partial charge in [-0.1, -0.05) is 13.3 Å². The van der Waals surface area contributed by atoms with E-state index in [-0.39, 0.29) is 19.0 Å². The number of rotatable bonds is 2. The van der Waals surface area contributed by atoms with Crippen LogP contribution < -0.4 is 0 Å². The third kappa shape index (κ3) is 3.00. The summed E-state index contributed by atoms with van der Waals surface area (Å²) in [5.41, 5.74) is 0. The average molecular weight is 270 g/mol. The number of carbonyl (C=O) groups excluding carboxylic acids is 1. The summed E-state index contributed by atoms with van der Waals surface area (Å²) in [6.45, 7) is 3.66. The number of aliphatic hydroxyl groups is 1. The van der Waals surface area contributed by atoms with Crippen molar-refractivity contribution in [2.24, 2.45) is 5.92 Å². The van der Waals surface area contributed by atoms with Crippen molar-refractivity contribution in [1.82, 2.24) is 9.80 Å². The molecule has 0 radical (unpaired) electrons.